The minimum Gasteiger partial charge on any atom is -0.316 e. The van der Waals surface area contributed by atoms with E-state index in [0.29, 0.717) is 6.42 Å². The fourth-order valence-corrected chi connectivity index (χ4v) is 1.88. The summed E-state index contributed by atoms with van der Waals surface area (Å²) in [5.41, 5.74) is 0.727. The first-order valence-corrected chi connectivity index (χ1v) is 5.68. The van der Waals surface area contributed by atoms with E-state index >= 15 is 0 Å². The molecule has 0 fully saturated rings. The molecule has 3 heteroatoms. The molecular weight excluding hydrogens is 257 g/mol. The Morgan fingerprint density at radius 2 is 2.33 bits per heavy atom. The number of nitrogens with one attached hydrogen (secondary N) is 1. The van der Waals surface area contributed by atoms with E-state index in [1.165, 1.54) is 6.07 Å². The Labute approximate surface area is 98.5 Å². The fraction of sp³-hybridized carbons (Fsp3) is 0.333. The van der Waals surface area contributed by atoms with E-state index in [1.54, 1.807) is 6.07 Å². The van der Waals surface area contributed by atoms with Crippen LogP contribution < -0.4 is 5.32 Å². The second kappa shape index (κ2) is 6.03. The maximum Gasteiger partial charge on any atom is 0.126 e. The van der Waals surface area contributed by atoms with Crippen LogP contribution >= 0.6 is 15.9 Å². The average Bonchev–Trinajstić information content (AvgIpc) is 2.22. The lowest BCUT2D eigenvalue weighted by Gasteiger charge is -2.14. The van der Waals surface area contributed by atoms with Crippen molar-refractivity contribution in [1.29, 1.82) is 0 Å². The van der Waals surface area contributed by atoms with Crippen LogP contribution in [0.15, 0.2) is 35.3 Å². The Kier molecular flexibility index (Phi) is 4.99. The van der Waals surface area contributed by atoms with Gasteiger partial charge in [0.1, 0.15) is 5.82 Å². The van der Waals surface area contributed by atoms with Crippen LogP contribution in [0.4, 0.5) is 4.39 Å². The molecule has 0 aliphatic heterocycles. The molecule has 1 N–H and O–H groups in total. The molecular formula is C12H15BrFN. The highest BCUT2D eigenvalue weighted by atomic mass is 79.9. The zero-order chi connectivity index (χ0) is 11.3. The predicted octanol–water partition coefficient (Wildman–Crippen LogP) is 3.29. The standard InChI is InChI=1S/C12H15BrFN/c1-3-4-11(15-2)8-9-7-10(13)5-6-12(9)14/h3,5-7,11,15H,1,4,8H2,2H3. The number of likely N-dealkylation sites (N-methyl/N-ethyl adjacent to an activating group) is 1. The SMILES string of the molecule is C=CCC(Cc1cc(Br)ccc1F)NC. The Morgan fingerprint density at radius 1 is 1.60 bits per heavy atom. The van der Waals surface area contributed by atoms with Crippen LogP contribution in [-0.2, 0) is 6.42 Å². The molecule has 0 heterocycles. The molecule has 1 nitrogen and oxygen atoms in total. The molecule has 0 saturated carbocycles. The van der Waals surface area contributed by atoms with Crippen LogP contribution in [0.2, 0.25) is 0 Å². The molecule has 0 aliphatic carbocycles. The molecule has 0 bridgehead atoms. The molecule has 1 unspecified atom stereocenters. The lowest BCUT2D eigenvalue weighted by Crippen LogP contribution is -2.27. The van der Waals surface area contributed by atoms with E-state index in [1.807, 2.05) is 19.2 Å². The van der Waals surface area contributed by atoms with Crippen molar-refractivity contribution in [3.8, 4) is 0 Å². The quantitative estimate of drug-likeness (QED) is 0.811. The van der Waals surface area contributed by atoms with E-state index in [9.17, 15) is 4.39 Å². The van der Waals surface area contributed by atoms with E-state index in [-0.39, 0.29) is 11.9 Å². The molecule has 0 radical (unpaired) electrons. The van der Waals surface area contributed by atoms with Crippen LogP contribution in [0, 0.1) is 5.82 Å². The number of rotatable bonds is 5. The summed E-state index contributed by atoms with van der Waals surface area (Å²) in [5.74, 6) is -0.150. The summed E-state index contributed by atoms with van der Waals surface area (Å²) in [6, 6.07) is 5.26. The zero-order valence-corrected chi connectivity index (χ0v) is 10.3. The van der Waals surface area contributed by atoms with Crippen LogP contribution in [-0.4, -0.2) is 13.1 Å². The van der Waals surface area contributed by atoms with Gasteiger partial charge in [-0.05, 0) is 43.7 Å². The zero-order valence-electron chi connectivity index (χ0n) is 8.76. The molecule has 0 saturated heterocycles. The topological polar surface area (TPSA) is 12.0 Å². The largest absolute Gasteiger partial charge is 0.316 e. The lowest BCUT2D eigenvalue weighted by molar-refractivity contribution is 0.539. The van der Waals surface area contributed by atoms with E-state index in [2.05, 4.69) is 27.8 Å². The number of halogens is 2. The average molecular weight is 272 g/mol. The van der Waals surface area contributed by atoms with Crippen molar-refractivity contribution in [2.75, 3.05) is 7.05 Å². The summed E-state index contributed by atoms with van der Waals surface area (Å²) in [6.07, 6.45) is 3.35. The van der Waals surface area contributed by atoms with Crippen molar-refractivity contribution in [3.63, 3.8) is 0 Å². The molecule has 82 valence electrons. The third-order valence-corrected chi connectivity index (χ3v) is 2.83. The Bertz CT molecular complexity index is 338. The monoisotopic (exact) mass is 271 g/mol. The summed E-state index contributed by atoms with van der Waals surface area (Å²) >= 11 is 3.34. The first kappa shape index (κ1) is 12.4. The Hall–Kier alpha value is -0.670. The maximum absolute atomic E-state index is 13.4. The smallest absolute Gasteiger partial charge is 0.126 e. The highest BCUT2D eigenvalue weighted by Crippen LogP contribution is 2.17. The van der Waals surface area contributed by atoms with Crippen molar-refractivity contribution in [2.24, 2.45) is 0 Å². The van der Waals surface area contributed by atoms with Gasteiger partial charge in [-0.15, -0.1) is 6.58 Å². The molecule has 0 aliphatic rings. The van der Waals surface area contributed by atoms with Crippen LogP contribution in [0.5, 0.6) is 0 Å². The van der Waals surface area contributed by atoms with Gasteiger partial charge >= 0.3 is 0 Å². The normalized spacial score (nSPS) is 12.5. The van der Waals surface area contributed by atoms with Gasteiger partial charge in [-0.1, -0.05) is 22.0 Å². The predicted molar refractivity (Wildman–Crippen MR) is 65.5 cm³/mol. The molecule has 15 heavy (non-hydrogen) atoms. The molecule has 0 aromatic heterocycles. The third-order valence-electron chi connectivity index (χ3n) is 2.33. The van der Waals surface area contributed by atoms with Gasteiger partial charge in [0, 0.05) is 10.5 Å². The van der Waals surface area contributed by atoms with Gasteiger partial charge in [-0.3, -0.25) is 0 Å². The fourth-order valence-electron chi connectivity index (χ4n) is 1.47. The molecule has 0 amide bonds. The first-order valence-electron chi connectivity index (χ1n) is 4.89. The van der Waals surface area contributed by atoms with E-state index in [4.69, 9.17) is 0 Å². The third kappa shape index (κ3) is 3.76. The Balaban J connectivity index is 2.77. The lowest BCUT2D eigenvalue weighted by atomic mass is 10.0. The van der Waals surface area contributed by atoms with Gasteiger partial charge < -0.3 is 5.32 Å². The molecule has 1 aromatic rings. The molecule has 0 spiro atoms. The minimum absolute atomic E-state index is 0.150. The van der Waals surface area contributed by atoms with Gasteiger partial charge in [0.25, 0.3) is 0 Å². The van der Waals surface area contributed by atoms with Crippen molar-refractivity contribution in [1.82, 2.24) is 5.32 Å². The molecule has 1 aromatic carbocycles. The van der Waals surface area contributed by atoms with Gasteiger partial charge in [-0.2, -0.15) is 0 Å². The van der Waals surface area contributed by atoms with E-state index in [0.717, 1.165) is 16.5 Å². The Morgan fingerprint density at radius 3 is 2.93 bits per heavy atom. The van der Waals surface area contributed by atoms with Gasteiger partial charge in [-0.25, -0.2) is 4.39 Å². The summed E-state index contributed by atoms with van der Waals surface area (Å²) in [4.78, 5) is 0. The van der Waals surface area contributed by atoms with Gasteiger partial charge in [0.05, 0.1) is 0 Å². The van der Waals surface area contributed by atoms with Crippen molar-refractivity contribution in [2.45, 2.75) is 18.9 Å². The second-order valence-corrected chi connectivity index (χ2v) is 4.37. The number of hydrogen-bond donors (Lipinski definition) is 1. The minimum atomic E-state index is -0.150. The first-order chi connectivity index (χ1) is 7.17. The van der Waals surface area contributed by atoms with Crippen LogP contribution in [0.1, 0.15) is 12.0 Å². The van der Waals surface area contributed by atoms with Crippen molar-refractivity contribution >= 4 is 15.9 Å². The summed E-state index contributed by atoms with van der Waals surface area (Å²) in [6.45, 7) is 3.69. The van der Waals surface area contributed by atoms with Crippen LogP contribution in [0.3, 0.4) is 0 Å². The van der Waals surface area contributed by atoms with Gasteiger partial charge in [0.2, 0.25) is 0 Å². The summed E-state index contributed by atoms with van der Waals surface area (Å²) in [7, 11) is 1.88. The van der Waals surface area contributed by atoms with Gasteiger partial charge in [0.15, 0.2) is 0 Å². The second-order valence-electron chi connectivity index (χ2n) is 3.45. The number of hydrogen-bond acceptors (Lipinski definition) is 1. The van der Waals surface area contributed by atoms with Crippen molar-refractivity contribution in [3.05, 3.63) is 46.7 Å². The summed E-state index contributed by atoms with van der Waals surface area (Å²) < 4.78 is 14.3. The highest BCUT2D eigenvalue weighted by molar-refractivity contribution is 9.10. The summed E-state index contributed by atoms with van der Waals surface area (Å²) in [5, 5.41) is 3.14. The van der Waals surface area contributed by atoms with Crippen molar-refractivity contribution < 1.29 is 4.39 Å². The van der Waals surface area contributed by atoms with Crippen LogP contribution in [0.25, 0.3) is 0 Å². The highest BCUT2D eigenvalue weighted by Gasteiger charge is 2.09. The number of benzene rings is 1. The molecule has 1 atom stereocenters. The molecule has 1 rings (SSSR count). The van der Waals surface area contributed by atoms with E-state index < -0.39 is 0 Å². The maximum atomic E-state index is 13.4.